The van der Waals surface area contributed by atoms with Crippen LogP contribution in [0.1, 0.15) is 34.2 Å². The summed E-state index contributed by atoms with van der Waals surface area (Å²) in [5, 5.41) is 24.0. The molecule has 0 spiro atoms. The topological polar surface area (TPSA) is 102 Å². The van der Waals surface area contributed by atoms with Gasteiger partial charge in [0.05, 0.1) is 16.3 Å². The molecule has 3 aromatic carbocycles. The number of aliphatic carboxylic acids is 1. The third kappa shape index (κ3) is 4.95. The first-order valence-electron chi connectivity index (χ1n) is 12.4. The van der Waals surface area contributed by atoms with Crippen molar-refractivity contribution >= 4 is 46.1 Å². The van der Waals surface area contributed by atoms with Gasteiger partial charge in [-0.15, -0.1) is 0 Å². The van der Waals surface area contributed by atoms with E-state index in [1.807, 2.05) is 13.8 Å². The summed E-state index contributed by atoms with van der Waals surface area (Å²) in [6.07, 6.45) is -0.438. The fourth-order valence-electron chi connectivity index (χ4n) is 4.82. The number of amides is 1. The first-order chi connectivity index (χ1) is 19.3. The average molecular weight is 582 g/mol. The van der Waals surface area contributed by atoms with Gasteiger partial charge in [0.1, 0.15) is 5.75 Å². The number of nitrogens with one attached hydrogen (secondary N) is 1. The Morgan fingerprint density at radius 1 is 1.07 bits per heavy atom. The van der Waals surface area contributed by atoms with Crippen LogP contribution in [0, 0.1) is 13.8 Å². The van der Waals surface area contributed by atoms with Crippen LogP contribution in [-0.4, -0.2) is 33.3 Å². The highest BCUT2D eigenvalue weighted by Crippen LogP contribution is 2.44. The number of halogens is 4. The first-order valence-corrected chi connectivity index (χ1v) is 12.8. The van der Waals surface area contributed by atoms with Gasteiger partial charge in [0.15, 0.2) is 11.3 Å². The van der Waals surface area contributed by atoms with Crippen molar-refractivity contribution in [1.29, 1.82) is 0 Å². The van der Waals surface area contributed by atoms with Gasteiger partial charge in [-0.1, -0.05) is 48.0 Å². The third-order valence-corrected chi connectivity index (χ3v) is 7.50. The number of benzene rings is 3. The quantitative estimate of drug-likeness (QED) is 0.298. The lowest BCUT2D eigenvalue weighted by atomic mass is 9.84. The van der Waals surface area contributed by atoms with E-state index in [0.29, 0.717) is 16.8 Å². The van der Waals surface area contributed by atoms with Gasteiger partial charge in [0.2, 0.25) is 0 Å². The Morgan fingerprint density at radius 2 is 1.80 bits per heavy atom. The standard InChI is InChI=1S/C30H23ClF3N3O4/c1-16-9-10-19(12-17(16)2)37-24-14-22(30(32,33)34)23(31)13-21(24)26(27(37)39)35-36-29(28(40)41)11-5-6-18(15-29)20-7-3-4-8-25(20)38/h3-14,36,38H,15H2,1-2H3,(H,40,41). The predicted octanol–water partition coefficient (Wildman–Crippen LogP) is 6.52. The third-order valence-electron chi connectivity index (χ3n) is 7.19. The van der Waals surface area contributed by atoms with Crippen LogP contribution in [0.2, 0.25) is 5.02 Å². The molecule has 1 aliphatic heterocycles. The smallest absolute Gasteiger partial charge is 0.417 e. The summed E-state index contributed by atoms with van der Waals surface area (Å²) in [7, 11) is 0. The van der Waals surface area contributed by atoms with Gasteiger partial charge in [-0.2, -0.15) is 18.3 Å². The average Bonchev–Trinajstić information content (AvgIpc) is 3.18. The molecule has 5 rings (SSSR count). The number of alkyl halides is 3. The number of phenolic OH excluding ortho intramolecular Hbond substituents is 1. The largest absolute Gasteiger partial charge is 0.507 e. The van der Waals surface area contributed by atoms with Crippen LogP contribution >= 0.6 is 11.6 Å². The molecule has 0 fully saturated rings. The van der Waals surface area contributed by atoms with Gasteiger partial charge in [0.25, 0.3) is 5.91 Å². The van der Waals surface area contributed by atoms with Crippen LogP contribution in [0.15, 0.2) is 77.9 Å². The number of allylic oxidation sites excluding steroid dienone is 2. The maximum Gasteiger partial charge on any atom is 0.417 e. The van der Waals surface area contributed by atoms with Gasteiger partial charge in [0, 0.05) is 23.2 Å². The predicted molar refractivity (Wildman–Crippen MR) is 149 cm³/mol. The number of carboxylic acid groups (broad SMARTS) is 1. The summed E-state index contributed by atoms with van der Waals surface area (Å²) >= 11 is 6.01. The van der Waals surface area contributed by atoms with Gasteiger partial charge < -0.3 is 10.2 Å². The molecule has 0 aromatic heterocycles. The Bertz CT molecular complexity index is 1700. The molecule has 1 amide bonds. The zero-order valence-electron chi connectivity index (χ0n) is 21.8. The normalized spacial score (nSPS) is 19.4. The fraction of sp³-hybridized carbons (Fsp3) is 0.167. The van der Waals surface area contributed by atoms with E-state index in [-0.39, 0.29) is 29.1 Å². The second kappa shape index (κ2) is 10.1. The van der Waals surface area contributed by atoms with Crippen LogP contribution in [0.5, 0.6) is 5.75 Å². The Hall–Kier alpha value is -4.57. The maximum atomic E-state index is 13.8. The summed E-state index contributed by atoms with van der Waals surface area (Å²) in [5.74, 6) is -2.12. The van der Waals surface area contributed by atoms with Crippen LogP contribution < -0.4 is 10.3 Å². The van der Waals surface area contributed by atoms with E-state index in [1.54, 1.807) is 42.5 Å². The maximum absolute atomic E-state index is 13.8. The van der Waals surface area contributed by atoms with Gasteiger partial charge in [-0.3, -0.25) is 15.1 Å². The molecule has 11 heteroatoms. The van der Waals surface area contributed by atoms with E-state index < -0.39 is 34.2 Å². The molecular weight excluding hydrogens is 559 g/mol. The first kappa shape index (κ1) is 28.0. The molecular formula is C30H23ClF3N3O4. The van der Waals surface area contributed by atoms with Crippen molar-refractivity contribution in [2.75, 3.05) is 4.90 Å². The number of aromatic hydroxyl groups is 1. The van der Waals surface area contributed by atoms with E-state index in [0.717, 1.165) is 28.2 Å². The van der Waals surface area contributed by atoms with Crippen LogP contribution in [0.3, 0.4) is 0 Å². The van der Waals surface area contributed by atoms with Crippen molar-refractivity contribution < 1.29 is 33.0 Å². The number of hydrogen-bond acceptors (Lipinski definition) is 5. The highest BCUT2D eigenvalue weighted by Gasteiger charge is 2.43. The molecule has 0 saturated carbocycles. The minimum atomic E-state index is -4.78. The number of nitrogens with zero attached hydrogens (tertiary/aromatic N) is 2. The van der Waals surface area contributed by atoms with Crippen molar-refractivity contribution in [1.82, 2.24) is 5.43 Å². The number of anilines is 2. The molecule has 1 aliphatic carbocycles. The number of aryl methyl sites for hydroxylation is 2. The highest BCUT2D eigenvalue weighted by atomic mass is 35.5. The van der Waals surface area contributed by atoms with Gasteiger partial charge >= 0.3 is 12.1 Å². The lowest BCUT2D eigenvalue weighted by Gasteiger charge is -2.29. The summed E-state index contributed by atoms with van der Waals surface area (Å²) in [4.78, 5) is 27.4. The van der Waals surface area contributed by atoms with Crippen molar-refractivity contribution in [3.8, 4) is 5.75 Å². The molecule has 210 valence electrons. The molecule has 0 bridgehead atoms. The zero-order chi connectivity index (χ0) is 29.7. The number of hydrazone groups is 1. The number of hydrogen-bond donors (Lipinski definition) is 3. The van der Waals surface area contributed by atoms with Crippen LogP contribution in [-0.2, 0) is 15.8 Å². The summed E-state index contributed by atoms with van der Waals surface area (Å²) in [5.41, 5.74) is 2.22. The molecule has 0 saturated heterocycles. The van der Waals surface area contributed by atoms with Gasteiger partial charge in [-0.05, 0) is 67.0 Å². The summed E-state index contributed by atoms with van der Waals surface area (Å²) < 4.78 is 41.3. The molecule has 3 aromatic rings. The molecule has 41 heavy (non-hydrogen) atoms. The van der Waals surface area contributed by atoms with E-state index in [4.69, 9.17) is 11.6 Å². The molecule has 0 radical (unpaired) electrons. The van der Waals surface area contributed by atoms with Gasteiger partial charge in [-0.25, -0.2) is 4.79 Å². The lowest BCUT2D eigenvalue weighted by molar-refractivity contribution is -0.142. The second-order valence-electron chi connectivity index (χ2n) is 9.85. The van der Waals surface area contributed by atoms with E-state index >= 15 is 0 Å². The van der Waals surface area contributed by atoms with E-state index in [1.165, 1.54) is 18.2 Å². The van der Waals surface area contributed by atoms with E-state index in [2.05, 4.69) is 10.5 Å². The number of carbonyl (C=O) groups is 2. The number of fused-ring (bicyclic) bond motifs is 1. The molecule has 7 nitrogen and oxygen atoms in total. The van der Waals surface area contributed by atoms with Crippen LogP contribution in [0.4, 0.5) is 24.5 Å². The Kier molecular flexibility index (Phi) is 6.90. The Morgan fingerprint density at radius 3 is 2.46 bits per heavy atom. The van der Waals surface area contributed by atoms with Crippen molar-refractivity contribution in [3.63, 3.8) is 0 Å². The van der Waals surface area contributed by atoms with Crippen molar-refractivity contribution in [2.45, 2.75) is 32.0 Å². The SMILES string of the molecule is Cc1ccc(N2C(=O)C(=NNC3(C(=O)O)C=CC=C(c4ccccc4O)C3)c3cc(Cl)c(C(F)(F)F)cc32)cc1C. The lowest BCUT2D eigenvalue weighted by Crippen LogP contribution is -2.49. The molecule has 1 heterocycles. The molecule has 1 unspecified atom stereocenters. The van der Waals surface area contributed by atoms with Crippen molar-refractivity contribution in [3.05, 3.63) is 106 Å². The van der Waals surface area contributed by atoms with E-state index in [9.17, 15) is 33.0 Å². The number of carbonyl (C=O) groups excluding carboxylic acids is 1. The van der Waals surface area contributed by atoms with Crippen molar-refractivity contribution in [2.24, 2.45) is 5.10 Å². The number of para-hydroxylation sites is 1. The second-order valence-corrected chi connectivity index (χ2v) is 10.3. The number of carboxylic acids is 1. The molecule has 2 aliphatic rings. The molecule has 3 N–H and O–H groups in total. The zero-order valence-corrected chi connectivity index (χ0v) is 22.5. The van der Waals surface area contributed by atoms with Crippen LogP contribution in [0.25, 0.3) is 5.57 Å². The molecule has 1 atom stereocenters. The number of phenols is 1. The minimum Gasteiger partial charge on any atom is -0.507 e. The monoisotopic (exact) mass is 581 g/mol. The minimum absolute atomic E-state index is 0.00975. The fourth-order valence-corrected chi connectivity index (χ4v) is 5.09. The highest BCUT2D eigenvalue weighted by molar-refractivity contribution is 6.56. The Labute approximate surface area is 237 Å². The number of rotatable bonds is 5. The Balaban J connectivity index is 1.60. The summed E-state index contributed by atoms with van der Waals surface area (Å²) in [6, 6.07) is 13.2. The summed E-state index contributed by atoms with van der Waals surface area (Å²) in [6.45, 7) is 3.67.